The molecular formula is C18H30N6O2. The Morgan fingerprint density at radius 2 is 2.23 bits per heavy atom. The van der Waals surface area contributed by atoms with Crippen LogP contribution < -0.4 is 10.6 Å². The first-order chi connectivity index (χ1) is 12.3. The molecule has 8 heteroatoms. The van der Waals surface area contributed by atoms with E-state index in [4.69, 9.17) is 4.42 Å². The highest BCUT2D eigenvalue weighted by molar-refractivity contribution is 5.79. The lowest BCUT2D eigenvalue weighted by Gasteiger charge is -2.24. The van der Waals surface area contributed by atoms with Crippen LogP contribution in [0.3, 0.4) is 0 Å². The Kier molecular flexibility index (Phi) is 6.82. The fraction of sp³-hybridized carbons (Fsp3) is 0.556. The van der Waals surface area contributed by atoms with Crippen LogP contribution in [0.25, 0.3) is 0 Å². The summed E-state index contributed by atoms with van der Waals surface area (Å²) < 4.78 is 7.20. The minimum atomic E-state index is -1.08. The average Bonchev–Trinajstić information content (AvgIpc) is 3.24. The SMILES string of the molecule is CCNC(=NCC(C)(O)c1cnn(C)c1)NCC(c1ccco1)N(C)C. The molecule has 0 amide bonds. The van der Waals surface area contributed by atoms with Crippen molar-refractivity contribution >= 4 is 5.96 Å². The lowest BCUT2D eigenvalue weighted by molar-refractivity contribution is 0.0671. The number of likely N-dealkylation sites (N-methyl/N-ethyl adjacent to an activating group) is 1. The van der Waals surface area contributed by atoms with E-state index in [0.717, 1.165) is 17.9 Å². The monoisotopic (exact) mass is 362 g/mol. The molecule has 2 atom stereocenters. The maximum atomic E-state index is 10.7. The number of aryl methyl sites for hydroxylation is 1. The number of nitrogens with one attached hydrogen (secondary N) is 2. The second-order valence-electron chi connectivity index (χ2n) is 6.75. The van der Waals surface area contributed by atoms with Crippen LogP contribution in [0.2, 0.25) is 0 Å². The topological polar surface area (TPSA) is 90.8 Å². The van der Waals surface area contributed by atoms with E-state index in [0.29, 0.717) is 12.5 Å². The van der Waals surface area contributed by atoms with Gasteiger partial charge in [0.1, 0.15) is 11.4 Å². The fourth-order valence-corrected chi connectivity index (χ4v) is 2.58. The molecule has 0 fully saturated rings. The van der Waals surface area contributed by atoms with Crippen molar-refractivity contribution in [3.05, 3.63) is 42.1 Å². The Balaban J connectivity index is 2.04. The van der Waals surface area contributed by atoms with Crippen molar-refractivity contribution in [2.24, 2.45) is 12.0 Å². The van der Waals surface area contributed by atoms with Crippen LogP contribution in [-0.4, -0.2) is 59.5 Å². The lowest BCUT2D eigenvalue weighted by Crippen LogP contribution is -2.42. The Bertz CT molecular complexity index is 690. The number of nitrogens with zero attached hydrogens (tertiary/aromatic N) is 4. The van der Waals surface area contributed by atoms with Gasteiger partial charge in [-0.2, -0.15) is 5.10 Å². The number of furan rings is 1. The molecule has 0 aliphatic carbocycles. The molecule has 144 valence electrons. The Labute approximate surface area is 154 Å². The zero-order valence-electron chi connectivity index (χ0n) is 16.2. The second-order valence-corrected chi connectivity index (χ2v) is 6.75. The first-order valence-corrected chi connectivity index (χ1v) is 8.77. The van der Waals surface area contributed by atoms with E-state index in [9.17, 15) is 5.11 Å². The van der Waals surface area contributed by atoms with Crippen molar-refractivity contribution in [1.29, 1.82) is 0 Å². The van der Waals surface area contributed by atoms with Crippen LogP contribution in [0.4, 0.5) is 0 Å². The standard InChI is InChI=1S/C18H30N6O2/c1-6-19-17(20-11-15(23(3)4)16-8-7-9-26-16)21-13-18(2,25)14-10-22-24(5)12-14/h7-10,12,15,25H,6,11,13H2,1-5H3,(H2,19,20,21). The summed E-state index contributed by atoms with van der Waals surface area (Å²) in [5.41, 5.74) is -0.347. The third kappa shape index (κ3) is 5.34. The molecule has 0 saturated carbocycles. The molecule has 0 aromatic carbocycles. The number of aliphatic hydroxyl groups is 1. The van der Waals surface area contributed by atoms with Crippen molar-refractivity contribution in [2.75, 3.05) is 33.7 Å². The number of aromatic nitrogens is 2. The summed E-state index contributed by atoms with van der Waals surface area (Å²) in [6.45, 7) is 5.33. The number of rotatable bonds is 8. The Morgan fingerprint density at radius 3 is 2.77 bits per heavy atom. The molecule has 8 nitrogen and oxygen atoms in total. The van der Waals surface area contributed by atoms with Gasteiger partial charge in [0.25, 0.3) is 0 Å². The molecule has 0 radical (unpaired) electrons. The molecule has 0 aliphatic heterocycles. The summed E-state index contributed by atoms with van der Waals surface area (Å²) in [7, 11) is 5.84. The van der Waals surface area contributed by atoms with E-state index in [-0.39, 0.29) is 12.6 Å². The van der Waals surface area contributed by atoms with Gasteiger partial charge in [-0.3, -0.25) is 9.58 Å². The van der Waals surface area contributed by atoms with E-state index in [1.54, 1.807) is 30.3 Å². The maximum Gasteiger partial charge on any atom is 0.191 e. The largest absolute Gasteiger partial charge is 0.468 e. The third-order valence-corrected chi connectivity index (χ3v) is 4.17. The fourth-order valence-electron chi connectivity index (χ4n) is 2.58. The van der Waals surface area contributed by atoms with E-state index >= 15 is 0 Å². The average molecular weight is 362 g/mol. The van der Waals surface area contributed by atoms with Crippen LogP contribution >= 0.6 is 0 Å². The first-order valence-electron chi connectivity index (χ1n) is 8.77. The van der Waals surface area contributed by atoms with Gasteiger partial charge in [0, 0.05) is 31.9 Å². The Hall–Kier alpha value is -2.32. The van der Waals surface area contributed by atoms with Gasteiger partial charge in [0.15, 0.2) is 5.96 Å². The molecule has 2 rings (SSSR count). The minimum absolute atomic E-state index is 0.0766. The minimum Gasteiger partial charge on any atom is -0.468 e. The van der Waals surface area contributed by atoms with Crippen molar-refractivity contribution in [3.63, 3.8) is 0 Å². The molecule has 2 aromatic heterocycles. The van der Waals surface area contributed by atoms with Gasteiger partial charge in [-0.15, -0.1) is 0 Å². The molecular weight excluding hydrogens is 332 g/mol. The predicted octanol–water partition coefficient (Wildman–Crippen LogP) is 1.08. The van der Waals surface area contributed by atoms with Crippen molar-refractivity contribution in [2.45, 2.75) is 25.5 Å². The van der Waals surface area contributed by atoms with Crippen molar-refractivity contribution in [3.8, 4) is 0 Å². The van der Waals surface area contributed by atoms with Crippen LogP contribution in [0, 0.1) is 0 Å². The highest BCUT2D eigenvalue weighted by atomic mass is 16.3. The van der Waals surface area contributed by atoms with Gasteiger partial charge in [-0.05, 0) is 40.1 Å². The third-order valence-electron chi connectivity index (χ3n) is 4.17. The summed E-state index contributed by atoms with van der Waals surface area (Å²) >= 11 is 0. The van der Waals surface area contributed by atoms with Gasteiger partial charge in [0.2, 0.25) is 0 Å². The molecule has 0 aliphatic rings. The van der Waals surface area contributed by atoms with Gasteiger partial charge in [-0.25, -0.2) is 4.99 Å². The van der Waals surface area contributed by atoms with E-state index in [1.807, 2.05) is 40.2 Å². The van der Waals surface area contributed by atoms with Gasteiger partial charge in [0.05, 0.1) is 25.0 Å². The normalized spacial score (nSPS) is 15.7. The second kappa shape index (κ2) is 8.86. The zero-order valence-corrected chi connectivity index (χ0v) is 16.2. The van der Waals surface area contributed by atoms with Crippen LogP contribution in [0.5, 0.6) is 0 Å². The number of hydrogen-bond acceptors (Lipinski definition) is 5. The first kappa shape index (κ1) is 20.0. The van der Waals surface area contributed by atoms with Crippen LogP contribution in [0.15, 0.2) is 40.2 Å². The summed E-state index contributed by atoms with van der Waals surface area (Å²) in [6, 6.07) is 3.92. The maximum absolute atomic E-state index is 10.7. The Morgan fingerprint density at radius 1 is 1.46 bits per heavy atom. The molecule has 2 heterocycles. The predicted molar refractivity (Wildman–Crippen MR) is 102 cm³/mol. The number of aliphatic imine (C=N–C) groups is 1. The highest BCUT2D eigenvalue weighted by Gasteiger charge is 2.25. The molecule has 2 unspecified atom stereocenters. The van der Waals surface area contributed by atoms with E-state index in [2.05, 4.69) is 25.6 Å². The summed E-state index contributed by atoms with van der Waals surface area (Å²) in [5, 5.41) is 21.3. The number of guanidine groups is 1. The van der Waals surface area contributed by atoms with Gasteiger partial charge in [-0.1, -0.05) is 0 Å². The highest BCUT2D eigenvalue weighted by Crippen LogP contribution is 2.20. The van der Waals surface area contributed by atoms with Gasteiger partial charge < -0.3 is 20.2 Å². The van der Waals surface area contributed by atoms with Gasteiger partial charge >= 0.3 is 0 Å². The molecule has 26 heavy (non-hydrogen) atoms. The van der Waals surface area contributed by atoms with Crippen LogP contribution in [0.1, 0.15) is 31.2 Å². The van der Waals surface area contributed by atoms with E-state index < -0.39 is 5.60 Å². The summed E-state index contributed by atoms with van der Waals surface area (Å²) in [6.07, 6.45) is 5.14. The van der Waals surface area contributed by atoms with E-state index in [1.165, 1.54) is 0 Å². The van der Waals surface area contributed by atoms with Crippen LogP contribution in [-0.2, 0) is 12.6 Å². The summed E-state index contributed by atoms with van der Waals surface area (Å²) in [4.78, 5) is 6.63. The molecule has 0 bridgehead atoms. The van der Waals surface area contributed by atoms with Crippen molar-refractivity contribution in [1.82, 2.24) is 25.3 Å². The number of hydrogen-bond donors (Lipinski definition) is 3. The molecule has 3 N–H and O–H groups in total. The molecule has 0 saturated heterocycles. The zero-order chi connectivity index (χ0) is 19.2. The van der Waals surface area contributed by atoms with Crippen molar-refractivity contribution < 1.29 is 9.52 Å². The summed E-state index contributed by atoms with van der Waals surface area (Å²) in [5.74, 6) is 1.54. The molecule has 2 aromatic rings. The lowest BCUT2D eigenvalue weighted by atomic mass is 10.0. The molecule has 0 spiro atoms. The quantitative estimate of drug-likeness (QED) is 0.481. The smallest absolute Gasteiger partial charge is 0.191 e.